The quantitative estimate of drug-likeness (QED) is 0.166. The zero-order chi connectivity index (χ0) is 30.7. The first-order chi connectivity index (χ1) is 21.4. The summed E-state index contributed by atoms with van der Waals surface area (Å²) in [6, 6.07) is 32.5. The largest absolute Gasteiger partial charge is 0.489 e. The van der Waals surface area contributed by atoms with Crippen LogP contribution in [0.1, 0.15) is 22.3 Å². The summed E-state index contributed by atoms with van der Waals surface area (Å²) in [6.07, 6.45) is 8.47. The Kier molecular flexibility index (Phi) is 10.4. The highest BCUT2D eigenvalue weighted by Gasteiger charge is 2.14. The zero-order valence-corrected chi connectivity index (χ0v) is 26.0. The molecule has 1 aliphatic carbocycles. The maximum atomic E-state index is 6.24. The van der Waals surface area contributed by atoms with E-state index in [2.05, 4.69) is 101 Å². The van der Waals surface area contributed by atoms with Gasteiger partial charge in [0.15, 0.2) is 0 Å². The van der Waals surface area contributed by atoms with Gasteiger partial charge in [-0.25, -0.2) is 0 Å². The van der Waals surface area contributed by atoms with Crippen molar-refractivity contribution in [1.82, 2.24) is 0 Å². The van der Waals surface area contributed by atoms with E-state index in [0.29, 0.717) is 26.4 Å². The Balaban J connectivity index is 1.42. The summed E-state index contributed by atoms with van der Waals surface area (Å²) in [5.41, 5.74) is 8.89. The van der Waals surface area contributed by atoms with E-state index in [-0.39, 0.29) is 0 Å². The smallest absolute Gasteiger partial charge is 0.119 e. The minimum atomic E-state index is 0.401. The zero-order valence-electron chi connectivity index (χ0n) is 26.0. The monoisotopic (exact) mass is 584 g/mol. The number of ether oxygens (including phenoxy) is 4. The first-order valence-corrected chi connectivity index (χ1v) is 15.0. The van der Waals surface area contributed by atoms with Gasteiger partial charge in [-0.3, -0.25) is 0 Å². The third-order valence-electron chi connectivity index (χ3n) is 7.46. The normalized spacial score (nSPS) is 17.7. The van der Waals surface area contributed by atoms with Gasteiger partial charge < -0.3 is 18.9 Å². The SMILES string of the molecule is Cc1ccc(OCC2=C/C=C(COc3ccc(C)cc3)\C(COc3ccc(C)cc3)=C/C=C\2COc2ccc(C)cc2)cc1. The average Bonchev–Trinajstić information content (AvgIpc) is 3.03. The van der Waals surface area contributed by atoms with Gasteiger partial charge >= 0.3 is 0 Å². The van der Waals surface area contributed by atoms with Crippen LogP contribution in [-0.4, -0.2) is 26.4 Å². The van der Waals surface area contributed by atoms with Gasteiger partial charge in [-0.1, -0.05) is 95.1 Å². The molecule has 0 amide bonds. The Morgan fingerprint density at radius 3 is 0.659 bits per heavy atom. The fourth-order valence-electron chi connectivity index (χ4n) is 4.58. The fraction of sp³-hybridized carbons (Fsp3) is 0.200. The minimum absolute atomic E-state index is 0.401. The van der Waals surface area contributed by atoms with E-state index < -0.39 is 0 Å². The number of aryl methyl sites for hydroxylation is 4. The van der Waals surface area contributed by atoms with Crippen LogP contribution in [0, 0.1) is 27.7 Å². The van der Waals surface area contributed by atoms with Crippen molar-refractivity contribution in [3.05, 3.63) is 166 Å². The van der Waals surface area contributed by atoms with Gasteiger partial charge in [0, 0.05) is 0 Å². The van der Waals surface area contributed by atoms with Crippen LogP contribution in [0.5, 0.6) is 23.0 Å². The summed E-state index contributed by atoms with van der Waals surface area (Å²) in [5, 5.41) is 0. The summed E-state index contributed by atoms with van der Waals surface area (Å²) >= 11 is 0. The van der Waals surface area contributed by atoms with Crippen LogP contribution < -0.4 is 18.9 Å². The lowest BCUT2D eigenvalue weighted by molar-refractivity contribution is 0.330. The van der Waals surface area contributed by atoms with E-state index in [1.807, 2.05) is 48.5 Å². The molecule has 4 nitrogen and oxygen atoms in total. The molecule has 0 atom stereocenters. The predicted molar refractivity (Wildman–Crippen MR) is 179 cm³/mol. The molecule has 0 fully saturated rings. The van der Waals surface area contributed by atoms with E-state index in [1.54, 1.807) is 0 Å². The first-order valence-electron chi connectivity index (χ1n) is 15.0. The number of benzene rings is 4. The van der Waals surface area contributed by atoms with E-state index in [0.717, 1.165) is 45.3 Å². The number of allylic oxidation sites excluding steroid dienone is 4. The summed E-state index contributed by atoms with van der Waals surface area (Å²) in [6.45, 7) is 9.89. The number of hydrogen-bond acceptors (Lipinski definition) is 4. The molecule has 224 valence electrons. The third-order valence-corrected chi connectivity index (χ3v) is 7.46. The van der Waals surface area contributed by atoms with Crippen LogP contribution in [0.15, 0.2) is 144 Å². The predicted octanol–water partition coefficient (Wildman–Crippen LogP) is 9.26. The highest BCUT2D eigenvalue weighted by Crippen LogP contribution is 2.25. The Labute approximate surface area is 261 Å². The van der Waals surface area contributed by atoms with Gasteiger partial charge in [-0.15, -0.1) is 0 Å². The fourth-order valence-corrected chi connectivity index (χ4v) is 4.58. The third kappa shape index (κ3) is 9.02. The number of rotatable bonds is 12. The van der Waals surface area contributed by atoms with Crippen LogP contribution in [0.2, 0.25) is 0 Å². The van der Waals surface area contributed by atoms with Gasteiger partial charge in [-0.05, 0) is 98.5 Å². The molecule has 1 aliphatic rings. The molecule has 0 heterocycles. The summed E-state index contributed by atoms with van der Waals surface area (Å²) < 4.78 is 25.0. The molecular weight excluding hydrogens is 544 g/mol. The second-order valence-corrected chi connectivity index (χ2v) is 11.2. The molecular formula is C40H40O4. The molecule has 0 N–H and O–H groups in total. The van der Waals surface area contributed by atoms with Crippen molar-refractivity contribution < 1.29 is 18.9 Å². The standard InChI is InChI=1S/C40H40O4/c1-29-5-17-37(18-6-29)41-25-33-13-14-35(27-43-39-21-9-31(3)10-22-39)36(28-44-40-23-11-32(4)12-24-40)16-15-34(33)26-42-38-19-7-30(2)8-20-38/h5-24H,25-28H2,1-4H3/b14-13?,16-15?,33-13-,34-15-,34-33?,35-14-,36-16-,36-35?. The second kappa shape index (κ2) is 15.0. The Hall–Kier alpha value is -4.96. The maximum absolute atomic E-state index is 6.24. The highest BCUT2D eigenvalue weighted by molar-refractivity contribution is 5.48. The average molecular weight is 585 g/mol. The van der Waals surface area contributed by atoms with Crippen molar-refractivity contribution in [3.63, 3.8) is 0 Å². The molecule has 0 aliphatic heterocycles. The van der Waals surface area contributed by atoms with Gasteiger partial charge in [0.05, 0.1) is 0 Å². The Morgan fingerprint density at radius 2 is 0.477 bits per heavy atom. The Bertz CT molecular complexity index is 1380. The van der Waals surface area contributed by atoms with E-state index in [9.17, 15) is 0 Å². The van der Waals surface area contributed by atoms with Crippen molar-refractivity contribution in [2.45, 2.75) is 27.7 Å². The molecule has 0 radical (unpaired) electrons. The summed E-state index contributed by atoms with van der Waals surface area (Å²) in [4.78, 5) is 0. The lowest BCUT2D eigenvalue weighted by atomic mass is 9.98. The van der Waals surface area contributed by atoms with Crippen LogP contribution >= 0.6 is 0 Å². The van der Waals surface area contributed by atoms with Crippen LogP contribution in [-0.2, 0) is 0 Å². The molecule has 4 aromatic carbocycles. The molecule has 0 aromatic heterocycles. The van der Waals surface area contributed by atoms with Crippen molar-refractivity contribution in [2.75, 3.05) is 26.4 Å². The van der Waals surface area contributed by atoms with Crippen molar-refractivity contribution in [3.8, 4) is 23.0 Å². The minimum Gasteiger partial charge on any atom is -0.489 e. The molecule has 4 heteroatoms. The molecule has 4 aromatic rings. The van der Waals surface area contributed by atoms with Crippen LogP contribution in [0.3, 0.4) is 0 Å². The molecule has 0 saturated heterocycles. The van der Waals surface area contributed by atoms with Gasteiger partial charge in [0.1, 0.15) is 49.4 Å². The first kappa shape index (κ1) is 30.5. The molecule has 5 rings (SSSR count). The highest BCUT2D eigenvalue weighted by atomic mass is 16.5. The van der Waals surface area contributed by atoms with Crippen molar-refractivity contribution in [1.29, 1.82) is 0 Å². The summed E-state index contributed by atoms with van der Waals surface area (Å²) in [5.74, 6) is 3.30. The Morgan fingerprint density at radius 1 is 0.295 bits per heavy atom. The van der Waals surface area contributed by atoms with Gasteiger partial charge in [0.25, 0.3) is 0 Å². The van der Waals surface area contributed by atoms with Crippen molar-refractivity contribution in [2.24, 2.45) is 0 Å². The number of hydrogen-bond donors (Lipinski definition) is 0. The topological polar surface area (TPSA) is 36.9 Å². The van der Waals surface area contributed by atoms with Crippen LogP contribution in [0.4, 0.5) is 0 Å². The molecule has 0 saturated carbocycles. The summed E-state index contributed by atoms with van der Waals surface area (Å²) in [7, 11) is 0. The lowest BCUT2D eigenvalue weighted by Gasteiger charge is -2.19. The molecule has 0 bridgehead atoms. The van der Waals surface area contributed by atoms with E-state index >= 15 is 0 Å². The van der Waals surface area contributed by atoms with Crippen LogP contribution in [0.25, 0.3) is 0 Å². The van der Waals surface area contributed by atoms with Gasteiger partial charge in [0.2, 0.25) is 0 Å². The maximum Gasteiger partial charge on any atom is 0.119 e. The lowest BCUT2D eigenvalue weighted by Crippen LogP contribution is -2.14. The molecule has 0 spiro atoms. The molecule has 44 heavy (non-hydrogen) atoms. The molecule has 0 unspecified atom stereocenters. The van der Waals surface area contributed by atoms with Crippen molar-refractivity contribution >= 4 is 0 Å². The van der Waals surface area contributed by atoms with Gasteiger partial charge in [-0.2, -0.15) is 0 Å². The second-order valence-electron chi connectivity index (χ2n) is 11.2. The van der Waals surface area contributed by atoms with E-state index in [4.69, 9.17) is 18.9 Å². The van der Waals surface area contributed by atoms with E-state index in [1.165, 1.54) is 22.3 Å².